The summed E-state index contributed by atoms with van der Waals surface area (Å²) in [6, 6.07) is 11.9. The van der Waals surface area contributed by atoms with E-state index in [4.69, 9.17) is 16.5 Å². The number of halogens is 2. The van der Waals surface area contributed by atoms with Crippen LogP contribution >= 0.6 is 11.8 Å². The molecule has 0 saturated heterocycles. The fourth-order valence-corrected chi connectivity index (χ4v) is 4.86. The zero-order valence-electron chi connectivity index (χ0n) is 15.2. The number of carbonyl (C=O) groups excluding carboxylic acids is 1. The third-order valence-electron chi connectivity index (χ3n) is 4.25. The van der Waals surface area contributed by atoms with Crippen molar-refractivity contribution < 1.29 is 22.3 Å². The van der Waals surface area contributed by atoms with Gasteiger partial charge in [-0.1, -0.05) is 18.2 Å². The maximum atomic E-state index is 13.9. The van der Waals surface area contributed by atoms with E-state index in [9.17, 15) is 17.6 Å². The lowest BCUT2D eigenvalue weighted by Crippen LogP contribution is -2.22. The van der Waals surface area contributed by atoms with E-state index in [2.05, 4.69) is 0 Å². The minimum absolute atomic E-state index is 0.142. The number of anilines is 1. The third-order valence-corrected chi connectivity index (χ3v) is 6.65. The monoisotopic (exact) mass is 424 g/mol. The molecule has 0 fully saturated rings. The van der Waals surface area contributed by atoms with Gasteiger partial charge in [0, 0.05) is 22.9 Å². The topological polar surface area (TPSA) is 68.6 Å². The van der Waals surface area contributed by atoms with E-state index in [1.54, 1.807) is 32.0 Å². The quantitative estimate of drug-likeness (QED) is 0.443. The Labute approximate surface area is 167 Å². The molecule has 28 heavy (non-hydrogen) atoms. The molecule has 2 aromatic carbocycles. The van der Waals surface area contributed by atoms with Gasteiger partial charge in [0.15, 0.2) is 0 Å². The number of nitrogens with zero attached hydrogens (tertiary/aromatic N) is 2. The van der Waals surface area contributed by atoms with Gasteiger partial charge in [0.25, 0.3) is 10.0 Å². The summed E-state index contributed by atoms with van der Waals surface area (Å²) < 4.78 is 47.5. The summed E-state index contributed by atoms with van der Waals surface area (Å²) in [7, 11) is -4.23. The van der Waals surface area contributed by atoms with E-state index in [-0.39, 0.29) is 34.8 Å². The minimum atomic E-state index is -4.23. The number of benzene rings is 2. The zero-order valence-corrected chi connectivity index (χ0v) is 16.8. The number of hydrogen-bond acceptors (Lipinski definition) is 4. The first-order chi connectivity index (χ1) is 13.3. The number of ether oxygens (including phenoxy) is 1. The van der Waals surface area contributed by atoms with Crippen LogP contribution in [-0.4, -0.2) is 25.6 Å². The molecular weight excluding hydrogens is 407 g/mol. The summed E-state index contributed by atoms with van der Waals surface area (Å²) in [6.07, 6.45) is 0. The number of aromatic nitrogens is 1. The zero-order chi connectivity index (χ0) is 20.5. The second-order valence-corrected chi connectivity index (χ2v) is 8.28. The first-order valence-electron chi connectivity index (χ1n) is 8.47. The molecule has 0 amide bonds. The molecule has 3 rings (SSSR count). The summed E-state index contributed by atoms with van der Waals surface area (Å²) in [5.74, 6) is -1.13. The van der Waals surface area contributed by atoms with Crippen molar-refractivity contribution in [1.82, 2.24) is 4.57 Å². The Morgan fingerprint density at radius 2 is 1.89 bits per heavy atom. The number of fused-ring (bicyclic) bond motifs is 1. The fourth-order valence-electron chi connectivity index (χ4n) is 3.05. The van der Waals surface area contributed by atoms with Crippen molar-refractivity contribution in [3.63, 3.8) is 0 Å². The molecule has 0 aliphatic heterocycles. The second-order valence-electron chi connectivity index (χ2n) is 6.02. The molecule has 0 unspecified atom stereocenters. The molecule has 0 spiro atoms. The highest BCUT2D eigenvalue weighted by Crippen LogP contribution is 2.35. The number of esters is 1. The molecule has 1 heterocycles. The normalized spacial score (nSPS) is 11.6. The van der Waals surface area contributed by atoms with E-state index >= 15 is 0 Å². The molecule has 0 aliphatic rings. The summed E-state index contributed by atoms with van der Waals surface area (Å²) in [4.78, 5) is 11.8. The predicted octanol–water partition coefficient (Wildman–Crippen LogP) is 4.00. The molecule has 148 valence electrons. The van der Waals surface area contributed by atoms with Crippen LogP contribution in [0.5, 0.6) is 0 Å². The van der Waals surface area contributed by atoms with Gasteiger partial charge in [-0.3, -0.25) is 4.79 Å². The lowest BCUT2D eigenvalue weighted by molar-refractivity contribution is -0.143. The largest absolute Gasteiger partial charge is 0.465 e. The Bertz CT molecular complexity index is 1130. The highest BCUT2D eigenvalue weighted by Gasteiger charge is 2.31. The molecule has 3 aromatic rings. The van der Waals surface area contributed by atoms with Gasteiger partial charge < -0.3 is 9.30 Å². The van der Waals surface area contributed by atoms with Gasteiger partial charge in [-0.05, 0) is 44.2 Å². The van der Waals surface area contributed by atoms with Crippen molar-refractivity contribution in [3.8, 4) is 0 Å². The van der Waals surface area contributed by atoms with Crippen LogP contribution in [0.3, 0.4) is 0 Å². The smallest absolute Gasteiger partial charge is 0.325 e. The molecule has 6 nitrogen and oxygen atoms in total. The van der Waals surface area contributed by atoms with Gasteiger partial charge in [-0.25, -0.2) is 4.39 Å². The van der Waals surface area contributed by atoms with Crippen LogP contribution in [0.15, 0.2) is 53.4 Å². The van der Waals surface area contributed by atoms with Crippen molar-refractivity contribution in [1.29, 1.82) is 0 Å². The third kappa shape index (κ3) is 3.57. The Kier molecular flexibility index (Phi) is 5.62. The van der Waals surface area contributed by atoms with Gasteiger partial charge in [0.05, 0.1) is 17.8 Å². The SMILES string of the molecule is CCOC(=O)Cn1c(C)c(S(=O)(=O)N(Cl)c2ccccc2)c2cc(F)ccc21. The second kappa shape index (κ2) is 7.81. The van der Waals surface area contributed by atoms with Gasteiger partial charge >= 0.3 is 5.97 Å². The highest BCUT2D eigenvalue weighted by atomic mass is 35.5. The van der Waals surface area contributed by atoms with Crippen molar-refractivity contribution in [2.75, 3.05) is 10.4 Å². The van der Waals surface area contributed by atoms with Crippen LogP contribution in [0.4, 0.5) is 10.1 Å². The fraction of sp³-hybridized carbons (Fsp3) is 0.211. The van der Waals surface area contributed by atoms with Crippen LogP contribution in [0, 0.1) is 12.7 Å². The molecule has 0 atom stereocenters. The lowest BCUT2D eigenvalue weighted by atomic mass is 10.2. The van der Waals surface area contributed by atoms with E-state index in [1.807, 2.05) is 0 Å². The summed E-state index contributed by atoms with van der Waals surface area (Å²) in [6.45, 7) is 3.21. The molecule has 0 aliphatic carbocycles. The van der Waals surface area contributed by atoms with Crippen LogP contribution in [0.2, 0.25) is 0 Å². The van der Waals surface area contributed by atoms with Crippen LogP contribution in [0.25, 0.3) is 10.9 Å². The van der Waals surface area contributed by atoms with Gasteiger partial charge in [0.1, 0.15) is 17.3 Å². The Morgan fingerprint density at radius 3 is 2.54 bits per heavy atom. The van der Waals surface area contributed by atoms with Crippen molar-refractivity contribution in [2.45, 2.75) is 25.3 Å². The average Bonchev–Trinajstić information content (AvgIpc) is 2.93. The van der Waals surface area contributed by atoms with E-state index in [1.165, 1.54) is 28.8 Å². The van der Waals surface area contributed by atoms with E-state index in [0.717, 1.165) is 6.07 Å². The number of hydrogen-bond donors (Lipinski definition) is 0. The summed E-state index contributed by atoms with van der Waals surface area (Å²) >= 11 is 6.16. The standard InChI is InChI=1S/C19H18ClFN2O4S/c1-3-27-18(24)12-22-13(2)19(16-11-14(21)9-10-17(16)22)28(25,26)23(20)15-7-5-4-6-8-15/h4-11H,3,12H2,1-2H3. The van der Waals surface area contributed by atoms with Crippen LogP contribution < -0.4 is 3.82 Å². The number of sulfonamides is 1. The summed E-state index contributed by atoms with van der Waals surface area (Å²) in [5, 5.41) is 0.142. The van der Waals surface area contributed by atoms with Gasteiger partial charge in [0.2, 0.25) is 0 Å². The first-order valence-corrected chi connectivity index (χ1v) is 10.2. The molecular formula is C19H18ClFN2O4S. The number of para-hydroxylation sites is 1. The lowest BCUT2D eigenvalue weighted by Gasteiger charge is -2.16. The van der Waals surface area contributed by atoms with Crippen molar-refractivity contribution >= 4 is 44.4 Å². The van der Waals surface area contributed by atoms with Crippen molar-refractivity contribution in [2.24, 2.45) is 0 Å². The maximum absolute atomic E-state index is 13.9. The number of carbonyl (C=O) groups is 1. The molecule has 0 bridgehead atoms. The average molecular weight is 425 g/mol. The van der Waals surface area contributed by atoms with E-state index in [0.29, 0.717) is 9.34 Å². The molecule has 0 N–H and O–H groups in total. The first kappa shape index (κ1) is 20.2. The number of rotatable bonds is 6. The molecule has 9 heteroatoms. The molecule has 1 aromatic heterocycles. The van der Waals surface area contributed by atoms with Crippen LogP contribution in [0.1, 0.15) is 12.6 Å². The molecule has 0 radical (unpaired) electrons. The van der Waals surface area contributed by atoms with E-state index < -0.39 is 21.8 Å². The van der Waals surface area contributed by atoms with Gasteiger partial charge in [-0.2, -0.15) is 12.2 Å². The van der Waals surface area contributed by atoms with Gasteiger partial charge in [-0.15, -0.1) is 0 Å². The van der Waals surface area contributed by atoms with Crippen LogP contribution in [-0.2, 0) is 26.1 Å². The predicted molar refractivity (Wildman–Crippen MR) is 105 cm³/mol. The molecule has 0 saturated carbocycles. The maximum Gasteiger partial charge on any atom is 0.325 e. The Balaban J connectivity index is 2.21. The highest BCUT2D eigenvalue weighted by molar-refractivity contribution is 7.94. The Morgan fingerprint density at radius 1 is 1.21 bits per heavy atom. The van der Waals surface area contributed by atoms with Crippen molar-refractivity contribution in [3.05, 3.63) is 60.0 Å². The minimum Gasteiger partial charge on any atom is -0.465 e. The summed E-state index contributed by atoms with van der Waals surface area (Å²) in [5.41, 5.74) is 0.894. The Hall–Kier alpha value is -2.58.